The number of imidazole rings is 1. The summed E-state index contributed by atoms with van der Waals surface area (Å²) in [5, 5.41) is 2.82. The van der Waals surface area contributed by atoms with Crippen molar-refractivity contribution < 1.29 is 14.3 Å². The first-order chi connectivity index (χ1) is 12.2. The Morgan fingerprint density at radius 2 is 1.76 bits per heavy atom. The Morgan fingerprint density at radius 1 is 1.08 bits per heavy atom. The number of aromatic nitrogens is 2. The topological polar surface area (TPSA) is 65.4 Å². The van der Waals surface area contributed by atoms with Gasteiger partial charge in [0.2, 0.25) is 0 Å². The molecular formula is C19H19N3O3. The van der Waals surface area contributed by atoms with E-state index in [-0.39, 0.29) is 5.91 Å². The highest BCUT2D eigenvalue weighted by molar-refractivity contribution is 6.02. The van der Waals surface area contributed by atoms with Gasteiger partial charge in [-0.3, -0.25) is 4.79 Å². The molecule has 0 aliphatic rings. The van der Waals surface area contributed by atoms with Crippen LogP contribution in [0.15, 0.2) is 61.1 Å². The van der Waals surface area contributed by atoms with Gasteiger partial charge in [-0.25, -0.2) is 4.98 Å². The molecule has 6 heteroatoms. The number of nitrogens with one attached hydrogen (secondary N) is 1. The first kappa shape index (κ1) is 16.6. The summed E-state index contributed by atoms with van der Waals surface area (Å²) >= 11 is 0. The van der Waals surface area contributed by atoms with Crippen molar-refractivity contribution in [2.75, 3.05) is 19.0 Å². The molecule has 25 heavy (non-hydrogen) atoms. The molecular weight excluding hydrogens is 318 g/mol. The van der Waals surface area contributed by atoms with Gasteiger partial charge in [0.1, 0.15) is 23.5 Å². The number of hydrogen-bond acceptors (Lipinski definition) is 4. The smallest absolute Gasteiger partial charge is 0.275 e. The molecule has 1 N–H and O–H groups in total. The maximum Gasteiger partial charge on any atom is 0.275 e. The van der Waals surface area contributed by atoms with E-state index in [0.717, 1.165) is 17.2 Å². The van der Waals surface area contributed by atoms with Crippen LogP contribution in [0.1, 0.15) is 17.4 Å². The summed E-state index contributed by atoms with van der Waals surface area (Å²) < 4.78 is 12.3. The molecule has 0 unspecified atom stereocenters. The molecule has 3 rings (SSSR count). The molecule has 0 bridgehead atoms. The van der Waals surface area contributed by atoms with Crippen molar-refractivity contribution in [1.82, 2.24) is 9.55 Å². The summed E-state index contributed by atoms with van der Waals surface area (Å²) in [5.74, 6) is 1.28. The van der Waals surface area contributed by atoms with Crippen molar-refractivity contribution in [1.29, 1.82) is 0 Å². The number of rotatable bonds is 6. The maximum absolute atomic E-state index is 12.3. The van der Waals surface area contributed by atoms with Crippen molar-refractivity contribution >= 4 is 11.6 Å². The van der Waals surface area contributed by atoms with Crippen LogP contribution in [-0.2, 0) is 0 Å². The van der Waals surface area contributed by atoms with Crippen LogP contribution in [-0.4, -0.2) is 29.2 Å². The molecule has 0 saturated heterocycles. The monoisotopic (exact) mass is 337 g/mol. The van der Waals surface area contributed by atoms with Gasteiger partial charge in [-0.15, -0.1) is 0 Å². The fourth-order valence-electron chi connectivity index (χ4n) is 2.33. The van der Waals surface area contributed by atoms with Gasteiger partial charge in [0.15, 0.2) is 0 Å². The lowest BCUT2D eigenvalue weighted by Gasteiger charge is -2.06. The number of amides is 1. The van der Waals surface area contributed by atoms with Gasteiger partial charge in [-0.05, 0) is 55.5 Å². The lowest BCUT2D eigenvalue weighted by atomic mass is 10.3. The van der Waals surface area contributed by atoms with E-state index in [1.807, 2.05) is 43.3 Å². The Bertz CT molecular complexity index is 839. The number of methoxy groups -OCH3 is 1. The first-order valence-corrected chi connectivity index (χ1v) is 7.92. The van der Waals surface area contributed by atoms with Crippen LogP contribution in [0.4, 0.5) is 5.69 Å². The Hall–Kier alpha value is -3.28. The normalized spacial score (nSPS) is 10.3. The third-order valence-corrected chi connectivity index (χ3v) is 3.61. The van der Waals surface area contributed by atoms with Crippen molar-refractivity contribution in [3.05, 3.63) is 66.7 Å². The minimum atomic E-state index is -0.267. The van der Waals surface area contributed by atoms with Gasteiger partial charge in [-0.1, -0.05) is 0 Å². The molecule has 1 amide bonds. The first-order valence-electron chi connectivity index (χ1n) is 7.92. The van der Waals surface area contributed by atoms with Crippen LogP contribution in [0.2, 0.25) is 0 Å². The Labute approximate surface area is 146 Å². The number of ether oxygens (including phenoxy) is 2. The third-order valence-electron chi connectivity index (χ3n) is 3.61. The van der Waals surface area contributed by atoms with Gasteiger partial charge in [-0.2, -0.15) is 0 Å². The number of anilines is 1. The van der Waals surface area contributed by atoms with E-state index in [0.29, 0.717) is 18.0 Å². The molecule has 1 aromatic heterocycles. The van der Waals surface area contributed by atoms with E-state index < -0.39 is 0 Å². The van der Waals surface area contributed by atoms with Crippen LogP contribution >= 0.6 is 0 Å². The molecule has 0 saturated carbocycles. The summed E-state index contributed by atoms with van der Waals surface area (Å²) in [6, 6.07) is 14.7. The summed E-state index contributed by atoms with van der Waals surface area (Å²) in [6.07, 6.45) is 3.29. The van der Waals surface area contributed by atoms with Gasteiger partial charge in [0.05, 0.1) is 13.7 Å². The SMILES string of the molecule is CCOc1ccc(NC(=O)c2cn(-c3ccc(OC)cc3)cn2)cc1. The van der Waals surface area contributed by atoms with E-state index in [1.54, 1.807) is 36.3 Å². The number of carbonyl (C=O) groups excluding carboxylic acids is 1. The Kier molecular flexibility index (Phi) is 4.99. The molecule has 0 atom stereocenters. The fraction of sp³-hybridized carbons (Fsp3) is 0.158. The minimum absolute atomic E-state index is 0.267. The van der Waals surface area contributed by atoms with Gasteiger partial charge in [0.25, 0.3) is 5.91 Å². The standard InChI is InChI=1S/C19H19N3O3/c1-3-25-17-8-4-14(5-9-17)21-19(23)18-12-22(13-20-18)15-6-10-16(24-2)11-7-15/h4-13H,3H2,1-2H3,(H,21,23). The zero-order valence-electron chi connectivity index (χ0n) is 14.1. The summed E-state index contributed by atoms with van der Waals surface area (Å²) in [7, 11) is 1.62. The predicted octanol–water partition coefficient (Wildman–Crippen LogP) is 3.53. The molecule has 0 fully saturated rings. The molecule has 0 aliphatic carbocycles. The van der Waals surface area contributed by atoms with Crippen LogP contribution in [0.3, 0.4) is 0 Å². The zero-order valence-corrected chi connectivity index (χ0v) is 14.1. The molecule has 128 valence electrons. The van der Waals surface area contributed by atoms with Crippen molar-refractivity contribution in [3.8, 4) is 17.2 Å². The van der Waals surface area contributed by atoms with E-state index in [4.69, 9.17) is 9.47 Å². The van der Waals surface area contributed by atoms with E-state index in [9.17, 15) is 4.79 Å². The highest BCUT2D eigenvalue weighted by Gasteiger charge is 2.10. The molecule has 6 nitrogen and oxygen atoms in total. The molecule has 2 aromatic carbocycles. The Morgan fingerprint density at radius 3 is 2.40 bits per heavy atom. The average Bonchev–Trinajstić information content (AvgIpc) is 3.14. The lowest BCUT2D eigenvalue weighted by molar-refractivity contribution is 0.102. The number of carbonyl (C=O) groups is 1. The average molecular weight is 337 g/mol. The molecule has 0 aliphatic heterocycles. The third kappa shape index (κ3) is 3.98. The van der Waals surface area contributed by atoms with E-state index in [1.165, 1.54) is 0 Å². The fourth-order valence-corrected chi connectivity index (χ4v) is 2.33. The second-order valence-corrected chi connectivity index (χ2v) is 5.28. The summed E-state index contributed by atoms with van der Waals surface area (Å²) in [5.41, 5.74) is 1.92. The van der Waals surface area contributed by atoms with Gasteiger partial charge in [0, 0.05) is 17.6 Å². The van der Waals surface area contributed by atoms with E-state index in [2.05, 4.69) is 10.3 Å². The molecule has 3 aromatic rings. The lowest BCUT2D eigenvalue weighted by Crippen LogP contribution is -2.12. The van der Waals surface area contributed by atoms with Crippen molar-refractivity contribution in [2.45, 2.75) is 6.92 Å². The Balaban J connectivity index is 1.69. The van der Waals surface area contributed by atoms with E-state index >= 15 is 0 Å². The number of hydrogen-bond donors (Lipinski definition) is 1. The highest BCUT2D eigenvalue weighted by atomic mass is 16.5. The number of benzene rings is 2. The second kappa shape index (κ2) is 7.53. The summed E-state index contributed by atoms with van der Waals surface area (Å²) in [6.45, 7) is 2.53. The molecule has 0 spiro atoms. The van der Waals surface area contributed by atoms with Crippen molar-refractivity contribution in [2.24, 2.45) is 0 Å². The van der Waals surface area contributed by atoms with Gasteiger partial charge < -0.3 is 19.4 Å². The minimum Gasteiger partial charge on any atom is -0.497 e. The second-order valence-electron chi connectivity index (χ2n) is 5.28. The largest absolute Gasteiger partial charge is 0.497 e. The highest BCUT2D eigenvalue weighted by Crippen LogP contribution is 2.17. The predicted molar refractivity (Wildman–Crippen MR) is 95.7 cm³/mol. The van der Waals surface area contributed by atoms with Crippen LogP contribution in [0.5, 0.6) is 11.5 Å². The number of nitrogens with zero attached hydrogens (tertiary/aromatic N) is 2. The van der Waals surface area contributed by atoms with Crippen molar-refractivity contribution in [3.63, 3.8) is 0 Å². The van der Waals surface area contributed by atoms with Crippen LogP contribution < -0.4 is 14.8 Å². The van der Waals surface area contributed by atoms with Crippen LogP contribution in [0.25, 0.3) is 5.69 Å². The zero-order chi connectivity index (χ0) is 17.6. The summed E-state index contributed by atoms with van der Waals surface area (Å²) in [4.78, 5) is 16.5. The molecule has 1 heterocycles. The molecule has 0 radical (unpaired) electrons. The van der Waals surface area contributed by atoms with Gasteiger partial charge >= 0.3 is 0 Å². The quantitative estimate of drug-likeness (QED) is 0.747. The van der Waals surface area contributed by atoms with Crippen LogP contribution in [0, 0.1) is 0 Å². The maximum atomic E-state index is 12.3.